The SMILES string of the molecule is O=C1[C@@H]2[C@H](C(=O)N1/N=C\c1ccc(-c3ccc(Cl)c(Cl)c3)o1)[C@H]1C=C[C@H]2C12CC2. The number of amides is 2. The first-order valence-electron chi connectivity index (χ1n) is 9.65. The standard InChI is InChI=1S/C22H16Cl2N2O3/c23-15-5-1-11(9-16(15)24)17-6-2-12(29-17)10-25-26-20(27)18-13-3-4-14(19(18)21(26)28)22(13)7-8-22/h1-6,9-10,13-14,18-19H,7-8H2/b25-10-/t13-,14-,18-,19+/m1/s1. The molecule has 2 bridgehead atoms. The monoisotopic (exact) mass is 426 g/mol. The number of rotatable bonds is 3. The van der Waals surface area contributed by atoms with Crippen LogP contribution in [0.2, 0.25) is 10.0 Å². The predicted octanol–water partition coefficient (Wildman–Crippen LogP) is 4.78. The minimum absolute atomic E-state index is 0.185. The summed E-state index contributed by atoms with van der Waals surface area (Å²) in [7, 11) is 0. The minimum Gasteiger partial charge on any atom is -0.455 e. The van der Waals surface area contributed by atoms with Crippen LogP contribution in [0.25, 0.3) is 11.3 Å². The summed E-state index contributed by atoms with van der Waals surface area (Å²) in [5, 5.41) is 6.13. The highest BCUT2D eigenvalue weighted by atomic mass is 35.5. The summed E-state index contributed by atoms with van der Waals surface area (Å²) in [5.41, 5.74) is 0.964. The normalized spacial score (nSPS) is 30.9. The number of halogens is 2. The van der Waals surface area contributed by atoms with Crippen molar-refractivity contribution in [2.45, 2.75) is 12.8 Å². The Labute approximate surface area is 177 Å². The van der Waals surface area contributed by atoms with Crippen molar-refractivity contribution in [1.29, 1.82) is 0 Å². The molecule has 2 amide bonds. The van der Waals surface area contributed by atoms with Crippen molar-refractivity contribution in [3.63, 3.8) is 0 Å². The fraction of sp³-hybridized carbons (Fsp3) is 0.318. The average molecular weight is 427 g/mol. The van der Waals surface area contributed by atoms with Crippen LogP contribution >= 0.6 is 23.2 Å². The minimum atomic E-state index is -0.250. The molecule has 1 aliphatic heterocycles. The summed E-state index contributed by atoms with van der Waals surface area (Å²) < 4.78 is 5.77. The van der Waals surface area contributed by atoms with Gasteiger partial charge in [-0.2, -0.15) is 10.1 Å². The van der Waals surface area contributed by atoms with E-state index >= 15 is 0 Å². The molecule has 4 aliphatic rings. The molecule has 0 N–H and O–H groups in total. The molecule has 1 aromatic carbocycles. The van der Waals surface area contributed by atoms with Crippen molar-refractivity contribution < 1.29 is 14.0 Å². The van der Waals surface area contributed by atoms with Crippen LogP contribution in [0.15, 0.2) is 52.0 Å². The number of nitrogens with zero attached hydrogens (tertiary/aromatic N) is 2. The zero-order valence-corrected chi connectivity index (χ0v) is 16.7. The molecular formula is C22H16Cl2N2O3. The van der Waals surface area contributed by atoms with Crippen LogP contribution in [0, 0.1) is 29.1 Å². The van der Waals surface area contributed by atoms with E-state index in [0.717, 1.165) is 23.4 Å². The lowest BCUT2D eigenvalue weighted by Gasteiger charge is -2.18. The summed E-state index contributed by atoms with van der Waals surface area (Å²) in [6, 6.07) is 8.74. The van der Waals surface area contributed by atoms with Crippen LogP contribution in [-0.2, 0) is 9.59 Å². The Bertz CT molecular complexity index is 1100. The molecule has 146 valence electrons. The second-order valence-electron chi connectivity index (χ2n) is 8.28. The summed E-state index contributed by atoms with van der Waals surface area (Å²) in [4.78, 5) is 25.8. The molecule has 2 saturated carbocycles. The lowest BCUT2D eigenvalue weighted by molar-refractivity contribution is -0.141. The number of hydrazone groups is 1. The van der Waals surface area contributed by atoms with E-state index in [9.17, 15) is 9.59 Å². The van der Waals surface area contributed by atoms with Crippen LogP contribution < -0.4 is 0 Å². The number of benzene rings is 1. The second kappa shape index (κ2) is 5.83. The molecular weight excluding hydrogens is 411 g/mol. The van der Waals surface area contributed by atoms with Gasteiger partial charge in [0.25, 0.3) is 11.8 Å². The predicted molar refractivity (Wildman–Crippen MR) is 108 cm³/mol. The van der Waals surface area contributed by atoms with Crippen molar-refractivity contribution in [1.82, 2.24) is 5.01 Å². The van der Waals surface area contributed by atoms with E-state index in [1.165, 1.54) is 6.21 Å². The van der Waals surface area contributed by atoms with Gasteiger partial charge in [-0.1, -0.05) is 35.4 Å². The van der Waals surface area contributed by atoms with Crippen molar-refractivity contribution in [2.75, 3.05) is 0 Å². The molecule has 2 heterocycles. The number of carbonyl (C=O) groups is 2. The number of hydrogen-bond acceptors (Lipinski definition) is 4. The average Bonchev–Trinajstić information content (AvgIpc) is 2.99. The number of fused-ring (bicyclic) bond motifs is 3. The van der Waals surface area contributed by atoms with Crippen molar-refractivity contribution >= 4 is 41.2 Å². The van der Waals surface area contributed by atoms with Crippen LogP contribution in [0.1, 0.15) is 18.6 Å². The van der Waals surface area contributed by atoms with Crippen LogP contribution in [0.3, 0.4) is 0 Å². The molecule has 4 atom stereocenters. The highest BCUT2D eigenvalue weighted by molar-refractivity contribution is 6.42. The Hall–Kier alpha value is -2.37. The molecule has 3 aliphatic carbocycles. The first-order chi connectivity index (χ1) is 14.0. The quantitative estimate of drug-likeness (QED) is 0.402. The number of imide groups is 1. The van der Waals surface area contributed by atoms with Gasteiger partial charge in [-0.15, -0.1) is 0 Å². The van der Waals surface area contributed by atoms with E-state index < -0.39 is 0 Å². The Balaban J connectivity index is 1.24. The molecule has 1 saturated heterocycles. The lowest BCUT2D eigenvalue weighted by Crippen LogP contribution is -2.30. The Kier molecular flexibility index (Phi) is 3.52. The Morgan fingerprint density at radius 2 is 1.69 bits per heavy atom. The highest BCUT2D eigenvalue weighted by Crippen LogP contribution is 2.73. The zero-order chi connectivity index (χ0) is 19.9. The van der Waals surface area contributed by atoms with E-state index in [1.54, 1.807) is 30.3 Å². The topological polar surface area (TPSA) is 62.9 Å². The van der Waals surface area contributed by atoms with Crippen molar-refractivity contribution in [3.05, 3.63) is 58.3 Å². The first-order valence-corrected chi connectivity index (χ1v) is 10.4. The van der Waals surface area contributed by atoms with Gasteiger partial charge in [0.15, 0.2) is 0 Å². The third kappa shape index (κ3) is 2.31. The van der Waals surface area contributed by atoms with Gasteiger partial charge in [-0.3, -0.25) is 9.59 Å². The maximum absolute atomic E-state index is 12.9. The van der Waals surface area contributed by atoms with Gasteiger partial charge in [0.1, 0.15) is 11.5 Å². The maximum Gasteiger partial charge on any atom is 0.254 e. The number of allylic oxidation sites excluding steroid dienone is 2. The summed E-state index contributed by atoms with van der Waals surface area (Å²) in [5.74, 6) is 0.563. The molecule has 2 aromatic rings. The Morgan fingerprint density at radius 1 is 1.00 bits per heavy atom. The summed E-state index contributed by atoms with van der Waals surface area (Å²) >= 11 is 12.0. The zero-order valence-electron chi connectivity index (χ0n) is 15.2. The summed E-state index contributed by atoms with van der Waals surface area (Å²) in [6.45, 7) is 0. The van der Waals surface area contributed by atoms with Crippen molar-refractivity contribution in [3.8, 4) is 11.3 Å². The largest absolute Gasteiger partial charge is 0.455 e. The fourth-order valence-electron chi connectivity index (χ4n) is 5.52. The number of carbonyl (C=O) groups excluding carboxylic acids is 2. The molecule has 29 heavy (non-hydrogen) atoms. The molecule has 1 aromatic heterocycles. The van der Waals surface area contributed by atoms with Gasteiger partial charge < -0.3 is 4.42 Å². The van der Waals surface area contributed by atoms with Gasteiger partial charge in [0.05, 0.1) is 28.1 Å². The molecule has 1 spiro atoms. The third-order valence-electron chi connectivity index (χ3n) is 6.96. The maximum atomic E-state index is 12.9. The number of hydrogen-bond donors (Lipinski definition) is 0. The number of furan rings is 1. The third-order valence-corrected chi connectivity index (χ3v) is 7.70. The molecule has 5 nitrogen and oxygen atoms in total. The van der Waals surface area contributed by atoms with Gasteiger partial charge in [0, 0.05) is 5.56 Å². The highest BCUT2D eigenvalue weighted by Gasteiger charge is 2.73. The smallest absolute Gasteiger partial charge is 0.254 e. The van der Waals surface area contributed by atoms with Gasteiger partial charge >= 0.3 is 0 Å². The van der Waals surface area contributed by atoms with Gasteiger partial charge in [0.2, 0.25) is 0 Å². The van der Waals surface area contributed by atoms with E-state index in [-0.39, 0.29) is 40.9 Å². The lowest BCUT2D eigenvalue weighted by atomic mass is 9.85. The Morgan fingerprint density at radius 3 is 2.31 bits per heavy atom. The molecule has 7 heteroatoms. The summed E-state index contributed by atoms with van der Waals surface area (Å²) in [6.07, 6.45) is 7.95. The van der Waals surface area contributed by atoms with E-state index in [1.807, 2.05) is 0 Å². The van der Waals surface area contributed by atoms with E-state index in [4.69, 9.17) is 27.6 Å². The molecule has 0 unspecified atom stereocenters. The molecule has 0 radical (unpaired) electrons. The van der Waals surface area contributed by atoms with Crippen LogP contribution in [0.5, 0.6) is 0 Å². The molecule has 6 rings (SSSR count). The van der Waals surface area contributed by atoms with E-state index in [0.29, 0.717) is 21.6 Å². The fourth-order valence-corrected chi connectivity index (χ4v) is 5.82. The van der Waals surface area contributed by atoms with E-state index in [2.05, 4.69) is 17.3 Å². The van der Waals surface area contributed by atoms with Gasteiger partial charge in [-0.25, -0.2) is 0 Å². The first kappa shape index (κ1) is 17.5. The van der Waals surface area contributed by atoms with Crippen LogP contribution in [0.4, 0.5) is 0 Å². The molecule has 3 fully saturated rings. The van der Waals surface area contributed by atoms with Crippen LogP contribution in [-0.4, -0.2) is 23.0 Å². The van der Waals surface area contributed by atoms with Gasteiger partial charge in [-0.05, 0) is 60.4 Å². The van der Waals surface area contributed by atoms with Crippen molar-refractivity contribution in [2.24, 2.45) is 34.2 Å². The second-order valence-corrected chi connectivity index (χ2v) is 9.10.